The number of carbonyl (C=O) groups is 2. The number of nitrogens with zero attached hydrogens (tertiary/aromatic N) is 2. The van der Waals surface area contributed by atoms with Crippen molar-refractivity contribution in [3.05, 3.63) is 35.9 Å². The molecule has 30 heavy (non-hydrogen) atoms. The average molecular weight is 413 g/mol. The molecule has 0 N–H and O–H groups in total. The van der Waals surface area contributed by atoms with Gasteiger partial charge in [0.25, 0.3) is 0 Å². The first kappa shape index (κ1) is 21.4. The standard InChI is InChI=1S/C25H36N2O3/c28-23(26-16-18-30-19-17-26)12-11-21-8-7-15-27(20-21)24(29)25(13-5-2-6-14-25)22-9-3-1-4-10-22/h1,3-4,9-10,21H,2,5-8,11-20H2/t21-/m1/s1. The van der Waals surface area contributed by atoms with Gasteiger partial charge < -0.3 is 14.5 Å². The second kappa shape index (κ2) is 9.95. The third-order valence-corrected chi connectivity index (χ3v) is 7.38. The van der Waals surface area contributed by atoms with Crippen LogP contribution in [0.5, 0.6) is 0 Å². The van der Waals surface area contributed by atoms with Crippen LogP contribution in [0.2, 0.25) is 0 Å². The number of ether oxygens (including phenoxy) is 1. The van der Waals surface area contributed by atoms with Crippen LogP contribution in [0.4, 0.5) is 0 Å². The molecule has 0 bridgehead atoms. The summed E-state index contributed by atoms with van der Waals surface area (Å²) in [6, 6.07) is 10.5. The maximum Gasteiger partial charge on any atom is 0.233 e. The molecule has 0 unspecified atom stereocenters. The predicted molar refractivity (Wildman–Crippen MR) is 117 cm³/mol. The van der Waals surface area contributed by atoms with Gasteiger partial charge in [0.2, 0.25) is 11.8 Å². The lowest BCUT2D eigenvalue weighted by molar-refractivity contribution is -0.141. The van der Waals surface area contributed by atoms with Gasteiger partial charge >= 0.3 is 0 Å². The summed E-state index contributed by atoms with van der Waals surface area (Å²) in [5.74, 6) is 1.01. The Labute approximate surface area is 180 Å². The van der Waals surface area contributed by atoms with Crippen LogP contribution >= 0.6 is 0 Å². The third kappa shape index (κ3) is 4.72. The van der Waals surface area contributed by atoms with E-state index < -0.39 is 0 Å². The Bertz CT molecular complexity index is 708. The van der Waals surface area contributed by atoms with Crippen molar-refractivity contribution >= 4 is 11.8 Å². The second-order valence-electron chi connectivity index (χ2n) is 9.30. The number of amides is 2. The fourth-order valence-electron chi connectivity index (χ4n) is 5.62. The van der Waals surface area contributed by atoms with Gasteiger partial charge in [0, 0.05) is 32.6 Å². The molecule has 0 aromatic heterocycles. The molecule has 3 fully saturated rings. The second-order valence-corrected chi connectivity index (χ2v) is 9.30. The lowest BCUT2D eigenvalue weighted by Crippen LogP contribution is -2.51. The molecule has 5 heteroatoms. The number of carbonyl (C=O) groups excluding carboxylic acids is 2. The zero-order chi connectivity index (χ0) is 20.8. The Balaban J connectivity index is 1.39. The fourth-order valence-corrected chi connectivity index (χ4v) is 5.62. The first-order valence-corrected chi connectivity index (χ1v) is 11.9. The zero-order valence-corrected chi connectivity index (χ0v) is 18.2. The number of benzene rings is 1. The van der Waals surface area contributed by atoms with E-state index in [1.54, 1.807) is 0 Å². The quantitative estimate of drug-likeness (QED) is 0.740. The van der Waals surface area contributed by atoms with Crippen molar-refractivity contribution < 1.29 is 14.3 Å². The summed E-state index contributed by atoms with van der Waals surface area (Å²) in [6.45, 7) is 4.41. The van der Waals surface area contributed by atoms with E-state index in [9.17, 15) is 9.59 Å². The molecule has 2 saturated heterocycles. The smallest absolute Gasteiger partial charge is 0.233 e. The van der Waals surface area contributed by atoms with Gasteiger partial charge in [0.15, 0.2) is 0 Å². The molecular formula is C25H36N2O3. The molecule has 0 radical (unpaired) electrons. The van der Waals surface area contributed by atoms with Gasteiger partial charge in [-0.05, 0) is 43.6 Å². The van der Waals surface area contributed by atoms with Crippen molar-refractivity contribution in [2.75, 3.05) is 39.4 Å². The predicted octanol–water partition coefficient (Wildman–Crippen LogP) is 3.77. The van der Waals surface area contributed by atoms with Gasteiger partial charge in [0.1, 0.15) is 0 Å². The molecule has 1 aromatic carbocycles. The van der Waals surface area contributed by atoms with Gasteiger partial charge in [-0.15, -0.1) is 0 Å². The van der Waals surface area contributed by atoms with Crippen LogP contribution in [-0.4, -0.2) is 61.0 Å². The number of likely N-dealkylation sites (tertiary alicyclic amines) is 1. The maximum atomic E-state index is 13.8. The molecular weight excluding hydrogens is 376 g/mol. The molecule has 1 aromatic rings. The fraction of sp³-hybridized carbons (Fsp3) is 0.680. The Morgan fingerprint density at radius 2 is 1.67 bits per heavy atom. The Morgan fingerprint density at radius 1 is 0.933 bits per heavy atom. The van der Waals surface area contributed by atoms with Gasteiger partial charge in [-0.1, -0.05) is 49.6 Å². The molecule has 2 amide bonds. The SMILES string of the molecule is O=C(CC[C@H]1CCCN(C(=O)C2(c3ccccc3)CCCCC2)C1)N1CCOCC1. The highest BCUT2D eigenvalue weighted by atomic mass is 16.5. The Hall–Kier alpha value is -1.88. The van der Waals surface area contributed by atoms with E-state index in [2.05, 4.69) is 29.2 Å². The summed E-state index contributed by atoms with van der Waals surface area (Å²) in [5.41, 5.74) is 0.852. The summed E-state index contributed by atoms with van der Waals surface area (Å²) in [5, 5.41) is 0. The van der Waals surface area contributed by atoms with Crippen LogP contribution in [0.1, 0.15) is 63.4 Å². The summed E-state index contributed by atoms with van der Waals surface area (Å²) in [4.78, 5) is 30.4. The molecule has 2 aliphatic heterocycles. The van der Waals surface area contributed by atoms with Crippen LogP contribution in [0, 0.1) is 5.92 Å². The number of rotatable bonds is 5. The van der Waals surface area contributed by atoms with Gasteiger partial charge in [0.05, 0.1) is 18.6 Å². The van der Waals surface area contributed by atoms with E-state index in [1.807, 2.05) is 11.0 Å². The van der Waals surface area contributed by atoms with Crippen LogP contribution in [0.15, 0.2) is 30.3 Å². The van der Waals surface area contributed by atoms with E-state index in [0.717, 1.165) is 58.0 Å². The molecule has 164 valence electrons. The summed E-state index contributed by atoms with van der Waals surface area (Å²) < 4.78 is 5.35. The summed E-state index contributed by atoms with van der Waals surface area (Å²) >= 11 is 0. The highest BCUT2D eigenvalue weighted by molar-refractivity contribution is 5.88. The van der Waals surface area contributed by atoms with Crippen LogP contribution < -0.4 is 0 Å². The molecule has 4 rings (SSSR count). The largest absolute Gasteiger partial charge is 0.378 e. The highest BCUT2D eigenvalue weighted by Crippen LogP contribution is 2.41. The number of hydrogen-bond donors (Lipinski definition) is 0. The van der Waals surface area contributed by atoms with E-state index in [1.165, 1.54) is 12.0 Å². The molecule has 3 aliphatic rings. The highest BCUT2D eigenvalue weighted by Gasteiger charge is 2.44. The van der Waals surface area contributed by atoms with Gasteiger partial charge in [-0.3, -0.25) is 9.59 Å². The third-order valence-electron chi connectivity index (χ3n) is 7.38. The summed E-state index contributed by atoms with van der Waals surface area (Å²) in [7, 11) is 0. The van der Waals surface area contributed by atoms with Crippen molar-refractivity contribution in [2.45, 2.75) is 63.2 Å². The monoisotopic (exact) mass is 412 g/mol. The normalized spacial score (nSPS) is 24.5. The molecule has 5 nitrogen and oxygen atoms in total. The topological polar surface area (TPSA) is 49.9 Å². The lowest BCUT2D eigenvalue weighted by atomic mass is 9.68. The van der Waals surface area contributed by atoms with Crippen molar-refractivity contribution in [3.8, 4) is 0 Å². The number of hydrogen-bond acceptors (Lipinski definition) is 3. The number of piperidine rings is 1. The Morgan fingerprint density at radius 3 is 2.40 bits per heavy atom. The van der Waals surface area contributed by atoms with Crippen LogP contribution in [0.25, 0.3) is 0 Å². The van der Waals surface area contributed by atoms with Crippen molar-refractivity contribution in [1.82, 2.24) is 9.80 Å². The first-order chi connectivity index (χ1) is 14.7. The zero-order valence-electron chi connectivity index (χ0n) is 18.2. The van der Waals surface area contributed by atoms with Crippen LogP contribution in [-0.2, 0) is 19.7 Å². The van der Waals surface area contributed by atoms with Gasteiger partial charge in [-0.2, -0.15) is 0 Å². The molecule has 1 saturated carbocycles. The van der Waals surface area contributed by atoms with Crippen molar-refractivity contribution in [1.29, 1.82) is 0 Å². The first-order valence-electron chi connectivity index (χ1n) is 11.9. The Kier molecular flexibility index (Phi) is 7.08. The van der Waals surface area contributed by atoms with E-state index in [-0.39, 0.29) is 11.3 Å². The minimum absolute atomic E-state index is 0.245. The maximum absolute atomic E-state index is 13.8. The minimum atomic E-state index is -0.342. The van der Waals surface area contributed by atoms with Crippen LogP contribution in [0.3, 0.4) is 0 Å². The van der Waals surface area contributed by atoms with Crippen molar-refractivity contribution in [3.63, 3.8) is 0 Å². The van der Waals surface area contributed by atoms with Gasteiger partial charge in [-0.25, -0.2) is 0 Å². The average Bonchev–Trinajstić information content (AvgIpc) is 2.84. The molecule has 2 heterocycles. The summed E-state index contributed by atoms with van der Waals surface area (Å²) in [6.07, 6.45) is 9.07. The van der Waals surface area contributed by atoms with E-state index in [0.29, 0.717) is 44.5 Å². The molecule has 1 aliphatic carbocycles. The lowest BCUT2D eigenvalue weighted by Gasteiger charge is -2.43. The molecule has 0 spiro atoms. The molecule has 1 atom stereocenters. The van der Waals surface area contributed by atoms with Crippen molar-refractivity contribution in [2.24, 2.45) is 5.92 Å². The minimum Gasteiger partial charge on any atom is -0.378 e. The number of morpholine rings is 1. The van der Waals surface area contributed by atoms with E-state index in [4.69, 9.17) is 4.74 Å². The van der Waals surface area contributed by atoms with E-state index >= 15 is 0 Å².